The zero-order chi connectivity index (χ0) is 15.5. The van der Waals surface area contributed by atoms with E-state index in [4.69, 9.17) is 0 Å². The van der Waals surface area contributed by atoms with Crippen molar-refractivity contribution in [2.45, 2.75) is 18.9 Å². The highest BCUT2D eigenvalue weighted by atomic mass is 16.2. The van der Waals surface area contributed by atoms with Gasteiger partial charge in [0.05, 0.1) is 6.04 Å². The van der Waals surface area contributed by atoms with Gasteiger partial charge in [0, 0.05) is 32.4 Å². The van der Waals surface area contributed by atoms with Gasteiger partial charge in [0.15, 0.2) is 0 Å². The summed E-state index contributed by atoms with van der Waals surface area (Å²) in [6.45, 7) is 0.813. The van der Waals surface area contributed by atoms with Gasteiger partial charge >= 0.3 is 0 Å². The molecule has 22 heavy (non-hydrogen) atoms. The second kappa shape index (κ2) is 6.18. The molecule has 114 valence electrons. The van der Waals surface area contributed by atoms with E-state index >= 15 is 0 Å². The summed E-state index contributed by atoms with van der Waals surface area (Å²) in [5, 5.41) is 0. The van der Waals surface area contributed by atoms with Crippen LogP contribution in [0.15, 0.2) is 48.7 Å². The number of benzene rings is 1. The van der Waals surface area contributed by atoms with Gasteiger partial charge < -0.3 is 9.80 Å². The Kier molecular flexibility index (Phi) is 4.09. The van der Waals surface area contributed by atoms with Crippen LogP contribution in [0.1, 0.15) is 34.8 Å². The Morgan fingerprint density at radius 1 is 1.18 bits per heavy atom. The van der Waals surface area contributed by atoms with Crippen LogP contribution in [0.25, 0.3) is 0 Å². The molecule has 2 heterocycles. The van der Waals surface area contributed by atoms with E-state index in [1.54, 1.807) is 0 Å². The van der Waals surface area contributed by atoms with E-state index < -0.39 is 0 Å². The summed E-state index contributed by atoms with van der Waals surface area (Å²) in [5.74, 6) is 1.04. The van der Waals surface area contributed by atoms with Crippen molar-refractivity contribution in [3.63, 3.8) is 0 Å². The number of carbonyl (C=O) groups is 1. The topological polar surface area (TPSA) is 36.4 Å². The molecule has 1 aromatic heterocycles. The molecule has 2 aromatic rings. The number of likely N-dealkylation sites (tertiary alicyclic amines) is 1. The average molecular weight is 295 g/mol. The molecule has 4 heteroatoms. The number of aromatic nitrogens is 1. The van der Waals surface area contributed by atoms with Crippen LogP contribution in [0.2, 0.25) is 0 Å². The van der Waals surface area contributed by atoms with Crippen LogP contribution in [0.3, 0.4) is 0 Å². The molecule has 1 aliphatic rings. The van der Waals surface area contributed by atoms with Crippen LogP contribution < -0.4 is 4.90 Å². The quantitative estimate of drug-likeness (QED) is 0.873. The molecule has 1 saturated heterocycles. The molecule has 0 aliphatic carbocycles. The molecule has 1 aliphatic heterocycles. The molecule has 1 amide bonds. The van der Waals surface area contributed by atoms with Crippen LogP contribution in [0.5, 0.6) is 0 Å². The molecule has 0 saturated carbocycles. The van der Waals surface area contributed by atoms with Gasteiger partial charge in [-0.05, 0) is 36.6 Å². The maximum absolute atomic E-state index is 12.7. The average Bonchev–Trinajstić information content (AvgIpc) is 3.04. The molecular formula is C18H21N3O. The SMILES string of the molecule is CN(C)c1ccc(C2CCCN2C(=O)c2ccccc2)cn1. The lowest BCUT2D eigenvalue weighted by Gasteiger charge is -2.25. The molecular weight excluding hydrogens is 274 g/mol. The molecule has 3 rings (SSSR count). The molecule has 0 N–H and O–H groups in total. The Morgan fingerprint density at radius 2 is 1.95 bits per heavy atom. The first-order valence-corrected chi connectivity index (χ1v) is 7.66. The summed E-state index contributed by atoms with van der Waals surface area (Å²) in [6.07, 6.45) is 3.94. The third kappa shape index (κ3) is 2.82. The number of hydrogen-bond donors (Lipinski definition) is 0. The summed E-state index contributed by atoms with van der Waals surface area (Å²) < 4.78 is 0. The molecule has 1 aromatic carbocycles. The zero-order valence-corrected chi connectivity index (χ0v) is 13.1. The number of rotatable bonds is 3. The van der Waals surface area contributed by atoms with E-state index in [0.29, 0.717) is 0 Å². The van der Waals surface area contributed by atoms with Crippen molar-refractivity contribution in [3.05, 3.63) is 59.8 Å². The zero-order valence-electron chi connectivity index (χ0n) is 13.1. The Labute approximate surface area is 131 Å². The Morgan fingerprint density at radius 3 is 2.59 bits per heavy atom. The maximum atomic E-state index is 12.7. The minimum atomic E-state index is 0.111. The fourth-order valence-corrected chi connectivity index (χ4v) is 2.96. The Balaban J connectivity index is 1.82. The van der Waals surface area contributed by atoms with Gasteiger partial charge in [-0.25, -0.2) is 4.98 Å². The van der Waals surface area contributed by atoms with Crippen molar-refractivity contribution >= 4 is 11.7 Å². The molecule has 0 radical (unpaired) electrons. The van der Waals surface area contributed by atoms with Crippen molar-refractivity contribution in [3.8, 4) is 0 Å². The lowest BCUT2D eigenvalue weighted by molar-refractivity contribution is 0.0735. The van der Waals surface area contributed by atoms with Crippen LogP contribution in [-0.2, 0) is 0 Å². The Bertz CT molecular complexity index is 637. The molecule has 0 bridgehead atoms. The third-order valence-electron chi connectivity index (χ3n) is 4.15. The first kappa shape index (κ1) is 14.6. The predicted octanol–water partition coefficient (Wildman–Crippen LogP) is 3.12. The van der Waals surface area contributed by atoms with E-state index in [9.17, 15) is 4.79 Å². The van der Waals surface area contributed by atoms with Crippen LogP contribution in [0, 0.1) is 0 Å². The number of hydrogen-bond acceptors (Lipinski definition) is 3. The normalized spacial score (nSPS) is 17.5. The fraction of sp³-hybridized carbons (Fsp3) is 0.333. The summed E-state index contributed by atoms with van der Waals surface area (Å²) >= 11 is 0. The molecule has 1 unspecified atom stereocenters. The van der Waals surface area contributed by atoms with Gasteiger partial charge in [-0.15, -0.1) is 0 Å². The first-order valence-electron chi connectivity index (χ1n) is 7.66. The van der Waals surface area contributed by atoms with Gasteiger partial charge in [0.1, 0.15) is 5.82 Å². The fourth-order valence-electron chi connectivity index (χ4n) is 2.96. The predicted molar refractivity (Wildman–Crippen MR) is 88.0 cm³/mol. The summed E-state index contributed by atoms with van der Waals surface area (Å²) in [7, 11) is 3.95. The van der Waals surface area contributed by atoms with Crippen molar-refractivity contribution in [1.29, 1.82) is 0 Å². The lowest BCUT2D eigenvalue weighted by atomic mass is 10.1. The number of carbonyl (C=O) groups excluding carboxylic acids is 1. The van der Waals surface area contributed by atoms with Gasteiger partial charge in [-0.1, -0.05) is 24.3 Å². The van der Waals surface area contributed by atoms with E-state index in [-0.39, 0.29) is 11.9 Å². The number of amides is 1. The van der Waals surface area contributed by atoms with Gasteiger partial charge in [0.2, 0.25) is 0 Å². The van der Waals surface area contributed by atoms with Gasteiger partial charge in [0.25, 0.3) is 5.91 Å². The minimum Gasteiger partial charge on any atom is -0.363 e. The van der Waals surface area contributed by atoms with Crippen molar-refractivity contribution in [2.75, 3.05) is 25.5 Å². The monoisotopic (exact) mass is 295 g/mol. The maximum Gasteiger partial charge on any atom is 0.254 e. The number of pyridine rings is 1. The second-order valence-corrected chi connectivity index (χ2v) is 5.87. The van der Waals surface area contributed by atoms with Crippen molar-refractivity contribution < 1.29 is 4.79 Å². The molecule has 0 spiro atoms. The largest absolute Gasteiger partial charge is 0.363 e. The highest BCUT2D eigenvalue weighted by Gasteiger charge is 2.30. The minimum absolute atomic E-state index is 0.111. The first-order chi connectivity index (χ1) is 10.7. The molecule has 1 fully saturated rings. The van der Waals surface area contributed by atoms with Crippen LogP contribution >= 0.6 is 0 Å². The highest BCUT2D eigenvalue weighted by Crippen LogP contribution is 2.33. The van der Waals surface area contributed by atoms with Crippen molar-refractivity contribution in [1.82, 2.24) is 9.88 Å². The smallest absolute Gasteiger partial charge is 0.254 e. The van der Waals surface area contributed by atoms with E-state index in [1.807, 2.05) is 66.5 Å². The highest BCUT2D eigenvalue weighted by molar-refractivity contribution is 5.94. The third-order valence-corrected chi connectivity index (χ3v) is 4.15. The summed E-state index contributed by atoms with van der Waals surface area (Å²) in [4.78, 5) is 21.1. The van der Waals surface area contributed by atoms with Crippen molar-refractivity contribution in [2.24, 2.45) is 0 Å². The lowest BCUT2D eigenvalue weighted by Crippen LogP contribution is -2.30. The summed E-state index contributed by atoms with van der Waals surface area (Å²) in [5.41, 5.74) is 1.87. The van der Waals surface area contributed by atoms with Gasteiger partial charge in [-0.2, -0.15) is 0 Å². The van der Waals surface area contributed by atoms with Gasteiger partial charge in [-0.3, -0.25) is 4.79 Å². The standard InChI is InChI=1S/C18H21N3O/c1-20(2)17-11-10-15(13-19-17)16-9-6-12-21(16)18(22)14-7-4-3-5-8-14/h3-5,7-8,10-11,13,16H,6,9,12H2,1-2H3. The van der Waals surface area contributed by atoms with Crippen LogP contribution in [-0.4, -0.2) is 36.4 Å². The summed E-state index contributed by atoms with van der Waals surface area (Å²) in [6, 6.07) is 13.7. The number of nitrogens with zero attached hydrogens (tertiary/aromatic N) is 3. The van der Waals surface area contributed by atoms with Crippen LogP contribution in [0.4, 0.5) is 5.82 Å². The molecule has 1 atom stereocenters. The Hall–Kier alpha value is -2.36. The second-order valence-electron chi connectivity index (χ2n) is 5.87. The molecule has 4 nitrogen and oxygen atoms in total. The van der Waals surface area contributed by atoms with E-state index in [1.165, 1.54) is 0 Å². The number of anilines is 1. The van der Waals surface area contributed by atoms with E-state index in [2.05, 4.69) is 11.1 Å². The van der Waals surface area contributed by atoms with E-state index in [0.717, 1.165) is 36.3 Å².